The van der Waals surface area contributed by atoms with Gasteiger partial charge in [0.05, 0.1) is 18.4 Å². The SMILES string of the molecule is CNC(=O)N(CCO)N=O. The summed E-state index contributed by atoms with van der Waals surface area (Å²) in [6.45, 7) is -0.359. The van der Waals surface area contributed by atoms with Crippen LogP contribution in [-0.2, 0) is 0 Å². The molecule has 0 radical (unpaired) electrons. The highest BCUT2D eigenvalue weighted by molar-refractivity contribution is 5.73. The zero-order chi connectivity index (χ0) is 7.98. The normalized spacial score (nSPS) is 8.60. The van der Waals surface area contributed by atoms with Crippen molar-refractivity contribution in [1.29, 1.82) is 0 Å². The van der Waals surface area contributed by atoms with Crippen molar-refractivity contribution in [3.8, 4) is 0 Å². The standard InChI is InChI=1S/C4H9N3O3/c1-5-4(9)7(6-10)2-3-8/h8H,2-3H2,1H3,(H,5,9). The maximum absolute atomic E-state index is 10.5. The van der Waals surface area contributed by atoms with Gasteiger partial charge >= 0.3 is 6.03 Å². The van der Waals surface area contributed by atoms with E-state index in [0.29, 0.717) is 5.01 Å². The van der Waals surface area contributed by atoms with Crippen LogP contribution < -0.4 is 5.32 Å². The lowest BCUT2D eigenvalue weighted by atomic mass is 10.6. The zero-order valence-electron chi connectivity index (χ0n) is 5.57. The first-order chi connectivity index (χ1) is 4.76. The number of aliphatic hydroxyl groups excluding tert-OH is 1. The maximum atomic E-state index is 10.5. The Morgan fingerprint density at radius 2 is 2.40 bits per heavy atom. The van der Waals surface area contributed by atoms with E-state index < -0.39 is 6.03 Å². The number of carbonyl (C=O) groups excluding carboxylic acids is 1. The Morgan fingerprint density at radius 1 is 1.80 bits per heavy atom. The van der Waals surface area contributed by atoms with Gasteiger partial charge in [0.1, 0.15) is 0 Å². The molecule has 0 unspecified atom stereocenters. The second kappa shape index (κ2) is 4.68. The summed E-state index contributed by atoms with van der Waals surface area (Å²) >= 11 is 0. The highest BCUT2D eigenvalue weighted by Gasteiger charge is 2.09. The van der Waals surface area contributed by atoms with Crippen LogP contribution >= 0.6 is 0 Å². The van der Waals surface area contributed by atoms with E-state index in [1.165, 1.54) is 7.05 Å². The molecular weight excluding hydrogens is 138 g/mol. The van der Waals surface area contributed by atoms with Gasteiger partial charge in [-0.1, -0.05) is 0 Å². The van der Waals surface area contributed by atoms with Gasteiger partial charge in [-0.25, -0.2) is 4.79 Å². The summed E-state index contributed by atoms with van der Waals surface area (Å²) in [5, 5.41) is 13.4. The third kappa shape index (κ3) is 2.40. The van der Waals surface area contributed by atoms with Gasteiger partial charge in [-0.05, 0) is 0 Å². The van der Waals surface area contributed by atoms with E-state index in [9.17, 15) is 9.70 Å². The molecule has 0 rings (SSSR count). The third-order valence-electron chi connectivity index (χ3n) is 0.859. The number of carbonyl (C=O) groups is 1. The van der Waals surface area contributed by atoms with Gasteiger partial charge in [0.15, 0.2) is 0 Å². The first-order valence-corrected chi connectivity index (χ1v) is 2.69. The van der Waals surface area contributed by atoms with Crippen molar-refractivity contribution in [2.75, 3.05) is 20.2 Å². The second-order valence-corrected chi connectivity index (χ2v) is 1.48. The Bertz CT molecular complexity index is 127. The van der Waals surface area contributed by atoms with Crippen molar-refractivity contribution in [1.82, 2.24) is 10.3 Å². The Kier molecular flexibility index (Phi) is 4.14. The summed E-state index contributed by atoms with van der Waals surface area (Å²) in [4.78, 5) is 20.3. The van der Waals surface area contributed by atoms with E-state index in [1.807, 2.05) is 0 Å². The van der Waals surface area contributed by atoms with E-state index in [0.717, 1.165) is 0 Å². The lowest BCUT2D eigenvalue weighted by molar-refractivity contribution is 0.180. The fourth-order valence-corrected chi connectivity index (χ4v) is 0.403. The minimum absolute atomic E-state index is 0.0802. The summed E-state index contributed by atoms with van der Waals surface area (Å²) in [7, 11) is 1.37. The van der Waals surface area contributed by atoms with Crippen LogP contribution in [0.2, 0.25) is 0 Å². The number of rotatable bonds is 3. The molecule has 0 aromatic heterocycles. The maximum Gasteiger partial charge on any atom is 0.340 e. The van der Waals surface area contributed by atoms with Crippen molar-refractivity contribution in [2.24, 2.45) is 5.29 Å². The fraction of sp³-hybridized carbons (Fsp3) is 0.750. The van der Waals surface area contributed by atoms with Crippen molar-refractivity contribution in [3.05, 3.63) is 4.91 Å². The van der Waals surface area contributed by atoms with Crippen LogP contribution in [0.15, 0.2) is 5.29 Å². The molecule has 0 fully saturated rings. The quantitative estimate of drug-likeness (QED) is 0.409. The minimum Gasteiger partial charge on any atom is -0.394 e. The van der Waals surface area contributed by atoms with Gasteiger partial charge in [0.2, 0.25) is 0 Å². The van der Waals surface area contributed by atoms with E-state index in [-0.39, 0.29) is 13.2 Å². The molecular formula is C4H9N3O3. The van der Waals surface area contributed by atoms with Crippen LogP contribution in [0.4, 0.5) is 4.79 Å². The van der Waals surface area contributed by atoms with E-state index in [1.54, 1.807) is 0 Å². The average Bonchev–Trinajstić information content (AvgIpc) is 1.99. The molecule has 0 aliphatic heterocycles. The summed E-state index contributed by atoms with van der Waals surface area (Å²) in [5.41, 5.74) is 0. The first kappa shape index (κ1) is 8.83. The number of hydrogen-bond acceptors (Lipinski definition) is 4. The molecule has 0 heterocycles. The number of aliphatic hydroxyl groups is 1. The van der Waals surface area contributed by atoms with Crippen molar-refractivity contribution in [2.45, 2.75) is 0 Å². The van der Waals surface area contributed by atoms with Crippen molar-refractivity contribution >= 4 is 6.03 Å². The number of urea groups is 1. The molecule has 10 heavy (non-hydrogen) atoms. The topological polar surface area (TPSA) is 82.0 Å². The lowest BCUT2D eigenvalue weighted by Gasteiger charge is -2.09. The van der Waals surface area contributed by atoms with E-state index in [2.05, 4.69) is 10.6 Å². The smallest absolute Gasteiger partial charge is 0.340 e. The number of nitrogens with zero attached hydrogens (tertiary/aromatic N) is 2. The van der Waals surface area contributed by atoms with Crippen LogP contribution in [0.1, 0.15) is 0 Å². The molecule has 0 aliphatic rings. The average molecular weight is 147 g/mol. The summed E-state index contributed by atoms with van der Waals surface area (Å²) in [6, 6.07) is -0.621. The fourth-order valence-electron chi connectivity index (χ4n) is 0.403. The summed E-state index contributed by atoms with van der Waals surface area (Å²) in [6.07, 6.45) is 0. The van der Waals surface area contributed by atoms with Crippen LogP contribution in [0.25, 0.3) is 0 Å². The molecule has 6 heteroatoms. The molecule has 0 saturated carbocycles. The molecule has 2 amide bonds. The van der Waals surface area contributed by atoms with E-state index in [4.69, 9.17) is 5.11 Å². The molecule has 58 valence electrons. The molecule has 6 nitrogen and oxygen atoms in total. The van der Waals surface area contributed by atoms with E-state index >= 15 is 0 Å². The van der Waals surface area contributed by atoms with Gasteiger partial charge in [-0.3, -0.25) is 0 Å². The molecule has 2 N–H and O–H groups in total. The second-order valence-electron chi connectivity index (χ2n) is 1.48. The van der Waals surface area contributed by atoms with Crippen LogP contribution in [0.5, 0.6) is 0 Å². The third-order valence-corrected chi connectivity index (χ3v) is 0.859. The van der Waals surface area contributed by atoms with Crippen LogP contribution in [0.3, 0.4) is 0 Å². The van der Waals surface area contributed by atoms with Gasteiger partial charge < -0.3 is 10.4 Å². The predicted octanol–water partition coefficient (Wildman–Crippen LogP) is -0.699. The monoisotopic (exact) mass is 147 g/mol. The lowest BCUT2D eigenvalue weighted by Crippen LogP contribution is -2.35. The molecule has 0 atom stereocenters. The minimum atomic E-state index is -0.621. The predicted molar refractivity (Wildman–Crippen MR) is 34.0 cm³/mol. The van der Waals surface area contributed by atoms with Crippen LogP contribution in [0, 0.1) is 4.91 Å². The number of hydrogen-bond donors (Lipinski definition) is 2. The molecule has 0 bridgehead atoms. The van der Waals surface area contributed by atoms with Crippen LogP contribution in [-0.4, -0.2) is 36.3 Å². The molecule has 0 aliphatic carbocycles. The number of amides is 2. The Hall–Kier alpha value is -1.17. The van der Waals surface area contributed by atoms with Crippen molar-refractivity contribution < 1.29 is 9.90 Å². The molecule has 0 spiro atoms. The van der Waals surface area contributed by atoms with Gasteiger partial charge in [0.25, 0.3) is 0 Å². The number of nitrogens with one attached hydrogen (secondary N) is 1. The van der Waals surface area contributed by atoms with Gasteiger partial charge in [0, 0.05) is 7.05 Å². The highest BCUT2D eigenvalue weighted by Crippen LogP contribution is 1.87. The molecule has 0 aromatic rings. The molecule has 0 aromatic carbocycles. The zero-order valence-corrected chi connectivity index (χ0v) is 5.57. The van der Waals surface area contributed by atoms with Crippen molar-refractivity contribution in [3.63, 3.8) is 0 Å². The summed E-state index contributed by atoms with van der Waals surface area (Å²) in [5.74, 6) is 0. The molecule has 0 saturated heterocycles. The first-order valence-electron chi connectivity index (χ1n) is 2.69. The number of nitroso groups, excluding NO2 is 1. The summed E-state index contributed by atoms with van der Waals surface area (Å²) < 4.78 is 0. The largest absolute Gasteiger partial charge is 0.394 e. The van der Waals surface area contributed by atoms with Gasteiger partial charge in [-0.15, -0.1) is 4.91 Å². The Labute approximate surface area is 57.8 Å². The highest BCUT2D eigenvalue weighted by atomic mass is 16.3. The van der Waals surface area contributed by atoms with Gasteiger partial charge in [-0.2, -0.15) is 5.01 Å². The Balaban J connectivity index is 3.80. The Morgan fingerprint density at radius 3 is 2.70 bits per heavy atom.